The molecule has 1 aromatic rings. The molecule has 0 aliphatic carbocycles. The van der Waals surface area contributed by atoms with Crippen LogP contribution in [0.3, 0.4) is 0 Å². The second kappa shape index (κ2) is 5.92. The highest BCUT2D eigenvalue weighted by atomic mass is 35.5. The van der Waals surface area contributed by atoms with Gasteiger partial charge in [0.2, 0.25) is 0 Å². The molecule has 0 radical (unpaired) electrons. The van der Waals surface area contributed by atoms with Crippen molar-refractivity contribution < 1.29 is 4.21 Å². The zero-order valence-corrected chi connectivity index (χ0v) is 10.1. The molecule has 0 spiro atoms. The Morgan fingerprint density at radius 3 is 3.00 bits per heavy atom. The minimum atomic E-state index is -0.746. The van der Waals surface area contributed by atoms with Crippen LogP contribution in [-0.4, -0.2) is 27.7 Å². The van der Waals surface area contributed by atoms with E-state index < -0.39 is 10.8 Å². The van der Waals surface area contributed by atoms with Crippen LogP contribution in [0, 0.1) is 0 Å². The lowest BCUT2D eigenvalue weighted by Crippen LogP contribution is -2.07. The van der Waals surface area contributed by atoms with Gasteiger partial charge in [0.1, 0.15) is 5.82 Å². The zero-order valence-electron chi connectivity index (χ0n) is 8.50. The summed E-state index contributed by atoms with van der Waals surface area (Å²) in [6.45, 7) is 0.705. The number of hydrogen-bond donors (Lipinski definition) is 2. The van der Waals surface area contributed by atoms with E-state index in [1.165, 1.54) is 0 Å². The monoisotopic (exact) mass is 247 g/mol. The third-order valence-electron chi connectivity index (χ3n) is 1.76. The van der Waals surface area contributed by atoms with E-state index in [9.17, 15) is 4.21 Å². The van der Waals surface area contributed by atoms with Crippen molar-refractivity contribution in [2.24, 2.45) is 0 Å². The summed E-state index contributed by atoms with van der Waals surface area (Å²) in [7, 11) is -0.746. The summed E-state index contributed by atoms with van der Waals surface area (Å²) in [5, 5.41) is 3.57. The molecule has 0 aliphatic heterocycles. The van der Waals surface area contributed by atoms with Gasteiger partial charge in [-0.15, -0.1) is 0 Å². The molecule has 4 nitrogen and oxygen atoms in total. The Morgan fingerprint density at radius 2 is 2.40 bits per heavy atom. The molecule has 1 atom stereocenters. The maximum atomic E-state index is 10.8. The molecule has 1 unspecified atom stereocenters. The van der Waals surface area contributed by atoms with Gasteiger partial charge in [-0.3, -0.25) is 4.21 Å². The fraction of sp³-hybridized carbons (Fsp3) is 0.444. The molecule has 1 rings (SSSR count). The second-order valence-electron chi connectivity index (χ2n) is 3.16. The van der Waals surface area contributed by atoms with Crippen LogP contribution in [0.4, 0.5) is 11.5 Å². The van der Waals surface area contributed by atoms with Gasteiger partial charge in [-0.1, -0.05) is 11.6 Å². The Kier molecular flexibility index (Phi) is 4.84. The number of nitrogens with one attached hydrogen (secondary N) is 1. The topological polar surface area (TPSA) is 68.0 Å². The SMILES string of the molecule is CS(=O)CCCNc1ncc(N)cc1Cl. The van der Waals surface area contributed by atoms with E-state index in [0.29, 0.717) is 28.8 Å². The van der Waals surface area contributed by atoms with Crippen LogP contribution < -0.4 is 11.1 Å². The van der Waals surface area contributed by atoms with E-state index in [1.807, 2.05) is 0 Å². The van der Waals surface area contributed by atoms with Gasteiger partial charge in [-0.05, 0) is 12.5 Å². The summed E-state index contributed by atoms with van der Waals surface area (Å²) in [5.41, 5.74) is 6.05. The smallest absolute Gasteiger partial charge is 0.144 e. The summed E-state index contributed by atoms with van der Waals surface area (Å²) in [4.78, 5) is 4.05. The van der Waals surface area contributed by atoms with Crippen LogP contribution in [0.1, 0.15) is 6.42 Å². The summed E-state index contributed by atoms with van der Waals surface area (Å²) < 4.78 is 10.8. The molecular formula is C9H14ClN3OS. The van der Waals surface area contributed by atoms with Crippen molar-refractivity contribution in [2.75, 3.05) is 29.6 Å². The molecule has 0 amide bonds. The van der Waals surface area contributed by atoms with E-state index in [4.69, 9.17) is 17.3 Å². The van der Waals surface area contributed by atoms with Crippen molar-refractivity contribution >= 4 is 33.9 Å². The number of halogens is 1. The number of aromatic nitrogens is 1. The molecule has 1 heterocycles. The molecule has 0 aromatic carbocycles. The minimum absolute atomic E-state index is 0.507. The summed E-state index contributed by atoms with van der Waals surface area (Å²) in [5.74, 6) is 1.30. The molecule has 1 aromatic heterocycles. The summed E-state index contributed by atoms with van der Waals surface area (Å²) in [6, 6.07) is 1.65. The van der Waals surface area contributed by atoms with E-state index in [0.717, 1.165) is 6.42 Å². The normalized spacial score (nSPS) is 12.4. The molecule has 0 aliphatic rings. The van der Waals surface area contributed by atoms with Crippen LogP contribution in [0.25, 0.3) is 0 Å². The summed E-state index contributed by atoms with van der Waals surface area (Å²) >= 11 is 5.91. The third-order valence-corrected chi connectivity index (χ3v) is 2.92. The van der Waals surface area contributed by atoms with Crippen LogP contribution >= 0.6 is 11.6 Å². The average molecular weight is 248 g/mol. The highest BCUT2D eigenvalue weighted by Crippen LogP contribution is 2.20. The third kappa shape index (κ3) is 4.48. The molecule has 15 heavy (non-hydrogen) atoms. The molecule has 6 heteroatoms. The van der Waals surface area contributed by atoms with Crippen LogP contribution in [0.2, 0.25) is 5.02 Å². The minimum Gasteiger partial charge on any atom is -0.397 e. The van der Waals surface area contributed by atoms with Gasteiger partial charge in [0, 0.05) is 29.4 Å². The Morgan fingerprint density at radius 1 is 1.67 bits per heavy atom. The van der Waals surface area contributed by atoms with Crippen molar-refractivity contribution in [3.63, 3.8) is 0 Å². The van der Waals surface area contributed by atoms with Gasteiger partial charge in [-0.2, -0.15) is 0 Å². The lowest BCUT2D eigenvalue weighted by Gasteiger charge is -2.06. The van der Waals surface area contributed by atoms with E-state index in [1.54, 1.807) is 18.5 Å². The highest BCUT2D eigenvalue weighted by molar-refractivity contribution is 7.84. The fourth-order valence-electron chi connectivity index (χ4n) is 1.07. The largest absolute Gasteiger partial charge is 0.397 e. The van der Waals surface area contributed by atoms with Crippen molar-refractivity contribution in [1.82, 2.24) is 4.98 Å². The second-order valence-corrected chi connectivity index (χ2v) is 5.12. The first-order chi connectivity index (χ1) is 7.09. The predicted molar refractivity (Wildman–Crippen MR) is 65.7 cm³/mol. The Labute approximate surface area is 96.7 Å². The van der Waals surface area contributed by atoms with Crippen LogP contribution in [0.15, 0.2) is 12.3 Å². The molecule has 0 bridgehead atoms. The lowest BCUT2D eigenvalue weighted by molar-refractivity contribution is 0.685. The van der Waals surface area contributed by atoms with Gasteiger partial charge in [0.15, 0.2) is 0 Å². The first-order valence-electron chi connectivity index (χ1n) is 4.54. The maximum absolute atomic E-state index is 10.8. The van der Waals surface area contributed by atoms with E-state index in [2.05, 4.69) is 10.3 Å². The van der Waals surface area contributed by atoms with Gasteiger partial charge < -0.3 is 11.1 Å². The number of nitrogens with two attached hydrogens (primary N) is 1. The fourth-order valence-corrected chi connectivity index (χ4v) is 1.86. The Balaban J connectivity index is 2.40. The molecular weight excluding hydrogens is 234 g/mol. The molecule has 0 saturated carbocycles. The van der Waals surface area contributed by atoms with Gasteiger partial charge in [0.25, 0.3) is 0 Å². The number of nitrogens with zero attached hydrogens (tertiary/aromatic N) is 1. The predicted octanol–water partition coefficient (Wildman–Crippen LogP) is 1.50. The van der Waals surface area contributed by atoms with Gasteiger partial charge in [-0.25, -0.2) is 4.98 Å². The van der Waals surface area contributed by atoms with Gasteiger partial charge >= 0.3 is 0 Å². The quantitative estimate of drug-likeness (QED) is 0.774. The standard InChI is InChI=1S/C9H14ClN3OS/c1-15(14)4-2-3-12-9-8(10)5-7(11)6-13-9/h5-6H,2-4,11H2,1H3,(H,12,13). The Bertz CT molecular complexity index is 359. The van der Waals surface area contributed by atoms with Crippen LogP contribution in [-0.2, 0) is 10.8 Å². The number of nitrogen functional groups attached to an aromatic ring is 1. The lowest BCUT2D eigenvalue weighted by atomic mass is 10.4. The first-order valence-corrected chi connectivity index (χ1v) is 6.65. The zero-order chi connectivity index (χ0) is 11.3. The number of pyridine rings is 1. The number of anilines is 2. The first kappa shape index (κ1) is 12.3. The van der Waals surface area contributed by atoms with Crippen molar-refractivity contribution in [3.05, 3.63) is 17.3 Å². The van der Waals surface area contributed by atoms with E-state index in [-0.39, 0.29) is 0 Å². The Hall–Kier alpha value is -0.810. The van der Waals surface area contributed by atoms with Crippen molar-refractivity contribution in [2.45, 2.75) is 6.42 Å². The molecule has 0 fully saturated rings. The number of hydrogen-bond acceptors (Lipinski definition) is 4. The van der Waals surface area contributed by atoms with Crippen LogP contribution in [0.5, 0.6) is 0 Å². The maximum Gasteiger partial charge on any atom is 0.144 e. The molecule has 3 N–H and O–H groups in total. The molecule has 0 saturated heterocycles. The van der Waals surface area contributed by atoms with Crippen molar-refractivity contribution in [1.29, 1.82) is 0 Å². The van der Waals surface area contributed by atoms with Crippen molar-refractivity contribution in [3.8, 4) is 0 Å². The summed E-state index contributed by atoms with van der Waals surface area (Å²) in [6.07, 6.45) is 4.06. The average Bonchev–Trinajstić information content (AvgIpc) is 2.14. The highest BCUT2D eigenvalue weighted by Gasteiger charge is 2.01. The van der Waals surface area contributed by atoms with E-state index >= 15 is 0 Å². The van der Waals surface area contributed by atoms with Gasteiger partial charge in [0.05, 0.1) is 16.9 Å². The number of rotatable bonds is 5. The molecule has 84 valence electrons.